The van der Waals surface area contributed by atoms with Gasteiger partial charge in [-0.1, -0.05) is 11.6 Å². The molecule has 0 radical (unpaired) electrons. The lowest BCUT2D eigenvalue weighted by Crippen LogP contribution is -2.36. The molecule has 0 fully saturated rings. The lowest BCUT2D eigenvalue weighted by molar-refractivity contribution is -0.384. The van der Waals surface area contributed by atoms with Gasteiger partial charge in [0.1, 0.15) is 5.02 Å². The number of nitrogens with one attached hydrogen (secondary N) is 1. The summed E-state index contributed by atoms with van der Waals surface area (Å²) in [6, 6.07) is 2.78. The van der Waals surface area contributed by atoms with E-state index in [1.807, 2.05) is 4.72 Å². The van der Waals surface area contributed by atoms with E-state index >= 15 is 0 Å². The van der Waals surface area contributed by atoms with E-state index in [2.05, 4.69) is 0 Å². The molecule has 0 aliphatic heterocycles. The summed E-state index contributed by atoms with van der Waals surface area (Å²) in [5.74, 6) is -1.60. The van der Waals surface area contributed by atoms with E-state index < -0.39 is 44.1 Å². The number of hydrogen-bond acceptors (Lipinski definition) is 6. The number of sulfonamides is 1. The minimum Gasteiger partial charge on any atom is -0.479 e. The number of aliphatic carboxylic acids is 1. The zero-order chi connectivity index (χ0) is 15.5. The molecular formula is C9H9ClN2O7S. The summed E-state index contributed by atoms with van der Waals surface area (Å²) in [5, 5.41) is 27.8. The first-order valence-electron chi connectivity index (χ1n) is 4.99. The van der Waals surface area contributed by atoms with Crippen LogP contribution in [-0.2, 0) is 14.8 Å². The van der Waals surface area contributed by atoms with Crippen LogP contribution >= 0.6 is 11.6 Å². The van der Waals surface area contributed by atoms with Crippen molar-refractivity contribution < 1.29 is 28.3 Å². The van der Waals surface area contributed by atoms with Gasteiger partial charge in [-0.05, 0) is 12.1 Å². The summed E-state index contributed by atoms with van der Waals surface area (Å²) in [5.41, 5.74) is -0.603. The second kappa shape index (κ2) is 6.13. The maximum atomic E-state index is 11.8. The Balaban J connectivity index is 3.01. The molecule has 0 aromatic heterocycles. The molecule has 9 nitrogen and oxygen atoms in total. The highest BCUT2D eigenvalue weighted by Crippen LogP contribution is 2.26. The number of carbonyl (C=O) groups is 1. The van der Waals surface area contributed by atoms with Gasteiger partial charge in [0, 0.05) is 12.6 Å². The van der Waals surface area contributed by atoms with Crippen LogP contribution in [0.1, 0.15) is 0 Å². The number of nitro groups is 1. The van der Waals surface area contributed by atoms with Gasteiger partial charge in [-0.3, -0.25) is 10.1 Å². The minimum absolute atomic E-state index is 0.237. The Kier molecular flexibility index (Phi) is 5.00. The van der Waals surface area contributed by atoms with Crippen molar-refractivity contribution in [3.05, 3.63) is 33.3 Å². The first-order valence-corrected chi connectivity index (χ1v) is 6.85. The quantitative estimate of drug-likeness (QED) is 0.491. The molecule has 1 rings (SSSR count). The van der Waals surface area contributed by atoms with E-state index in [4.69, 9.17) is 21.8 Å². The van der Waals surface area contributed by atoms with Gasteiger partial charge in [0.2, 0.25) is 10.0 Å². The van der Waals surface area contributed by atoms with Crippen LogP contribution in [0.15, 0.2) is 23.1 Å². The van der Waals surface area contributed by atoms with Gasteiger partial charge in [0.25, 0.3) is 5.69 Å². The SMILES string of the molecule is O=C(O)[C@@H](O)CNS(=O)(=O)c1ccc(Cl)c([N+](=O)[O-])c1. The van der Waals surface area contributed by atoms with Crippen LogP contribution in [-0.4, -0.2) is 42.2 Å². The second-order valence-electron chi connectivity index (χ2n) is 3.58. The van der Waals surface area contributed by atoms with Crippen LogP contribution in [0.4, 0.5) is 5.69 Å². The smallest absolute Gasteiger partial charge is 0.333 e. The highest BCUT2D eigenvalue weighted by Gasteiger charge is 2.22. The third-order valence-corrected chi connectivity index (χ3v) is 3.92. The molecule has 1 atom stereocenters. The molecule has 110 valence electrons. The molecule has 0 amide bonds. The largest absolute Gasteiger partial charge is 0.479 e. The number of hydrogen-bond donors (Lipinski definition) is 3. The van der Waals surface area contributed by atoms with E-state index in [1.54, 1.807) is 0 Å². The van der Waals surface area contributed by atoms with E-state index in [-0.39, 0.29) is 5.02 Å². The van der Waals surface area contributed by atoms with Crippen LogP contribution in [0.5, 0.6) is 0 Å². The lowest BCUT2D eigenvalue weighted by atomic mass is 10.3. The van der Waals surface area contributed by atoms with Crippen molar-refractivity contribution in [1.82, 2.24) is 4.72 Å². The number of aliphatic hydroxyl groups is 1. The minimum atomic E-state index is -4.20. The average Bonchev–Trinajstić information content (AvgIpc) is 2.35. The third-order valence-electron chi connectivity index (χ3n) is 2.18. The van der Waals surface area contributed by atoms with Gasteiger partial charge >= 0.3 is 5.97 Å². The molecule has 3 N–H and O–H groups in total. The molecule has 0 aliphatic rings. The Morgan fingerprint density at radius 1 is 1.50 bits per heavy atom. The van der Waals surface area contributed by atoms with E-state index in [9.17, 15) is 23.3 Å². The van der Waals surface area contributed by atoms with Crippen LogP contribution in [0.3, 0.4) is 0 Å². The Morgan fingerprint density at radius 2 is 2.10 bits per heavy atom. The zero-order valence-electron chi connectivity index (χ0n) is 9.69. The fourth-order valence-electron chi connectivity index (χ4n) is 1.16. The fraction of sp³-hybridized carbons (Fsp3) is 0.222. The predicted molar refractivity (Wildman–Crippen MR) is 66.9 cm³/mol. The molecular weight excluding hydrogens is 316 g/mol. The van der Waals surface area contributed by atoms with Gasteiger partial charge in [-0.25, -0.2) is 17.9 Å². The summed E-state index contributed by atoms with van der Waals surface area (Å²) < 4.78 is 25.3. The average molecular weight is 325 g/mol. The first-order chi connectivity index (χ1) is 9.15. The summed E-state index contributed by atoms with van der Waals surface area (Å²) in [7, 11) is -4.20. The standard InChI is InChI=1S/C9H9ClN2O7S/c10-6-2-1-5(3-7(6)12(16)17)20(18,19)11-4-8(13)9(14)15/h1-3,8,11,13H,4H2,(H,14,15)/t8-/m0/s1. The molecule has 0 heterocycles. The number of carboxylic acids is 1. The van der Waals surface area contributed by atoms with Crippen LogP contribution in [0.25, 0.3) is 0 Å². The summed E-state index contributed by atoms with van der Waals surface area (Å²) in [6.07, 6.45) is -1.92. The Bertz CT molecular complexity index is 646. The molecule has 11 heteroatoms. The molecule has 0 saturated heterocycles. The Hall–Kier alpha value is -1.75. The molecule has 0 aliphatic carbocycles. The van der Waals surface area contributed by atoms with E-state index in [0.29, 0.717) is 0 Å². The maximum absolute atomic E-state index is 11.8. The van der Waals surface area contributed by atoms with Gasteiger partial charge in [-0.15, -0.1) is 0 Å². The van der Waals surface area contributed by atoms with Gasteiger partial charge in [0.05, 0.1) is 9.82 Å². The van der Waals surface area contributed by atoms with Crippen molar-refractivity contribution in [2.45, 2.75) is 11.0 Å². The lowest BCUT2D eigenvalue weighted by Gasteiger charge is -2.09. The molecule has 0 spiro atoms. The van der Waals surface area contributed by atoms with E-state index in [1.165, 1.54) is 0 Å². The van der Waals surface area contributed by atoms with Crippen LogP contribution in [0, 0.1) is 10.1 Å². The molecule has 0 saturated carbocycles. The van der Waals surface area contributed by atoms with Crippen molar-refractivity contribution >= 4 is 33.3 Å². The van der Waals surface area contributed by atoms with Crippen molar-refractivity contribution in [2.24, 2.45) is 0 Å². The fourth-order valence-corrected chi connectivity index (χ4v) is 2.40. The van der Waals surface area contributed by atoms with Crippen molar-refractivity contribution in [3.63, 3.8) is 0 Å². The summed E-state index contributed by atoms with van der Waals surface area (Å²) in [6.45, 7) is -0.770. The number of carboxylic acid groups (broad SMARTS) is 1. The third kappa shape index (κ3) is 3.87. The number of benzene rings is 1. The van der Waals surface area contributed by atoms with Crippen molar-refractivity contribution in [3.8, 4) is 0 Å². The van der Waals surface area contributed by atoms with E-state index in [0.717, 1.165) is 18.2 Å². The molecule has 20 heavy (non-hydrogen) atoms. The summed E-state index contributed by atoms with van der Waals surface area (Å²) >= 11 is 5.54. The number of rotatable bonds is 6. The molecule has 1 aromatic carbocycles. The number of halogens is 1. The van der Waals surface area contributed by atoms with Crippen molar-refractivity contribution in [2.75, 3.05) is 6.54 Å². The van der Waals surface area contributed by atoms with Gasteiger partial charge < -0.3 is 10.2 Å². The zero-order valence-corrected chi connectivity index (χ0v) is 11.3. The number of nitrogens with zero attached hydrogens (tertiary/aromatic N) is 1. The normalized spacial score (nSPS) is 12.9. The highest BCUT2D eigenvalue weighted by atomic mass is 35.5. The monoisotopic (exact) mass is 324 g/mol. The molecule has 1 aromatic rings. The predicted octanol–water partition coefficient (Wildman–Crippen LogP) is -0.0280. The number of aliphatic hydroxyl groups excluding tert-OH is 1. The Labute approximate surface area is 118 Å². The molecule has 0 unspecified atom stereocenters. The van der Waals surface area contributed by atoms with Gasteiger partial charge in [0.15, 0.2) is 6.10 Å². The summed E-state index contributed by atoms with van der Waals surface area (Å²) in [4.78, 5) is 19.7. The second-order valence-corrected chi connectivity index (χ2v) is 5.75. The highest BCUT2D eigenvalue weighted by molar-refractivity contribution is 7.89. The van der Waals surface area contributed by atoms with Gasteiger partial charge in [-0.2, -0.15) is 0 Å². The van der Waals surface area contributed by atoms with Crippen molar-refractivity contribution in [1.29, 1.82) is 0 Å². The topological polar surface area (TPSA) is 147 Å². The number of nitro benzene ring substituents is 1. The molecule has 0 bridgehead atoms. The van der Waals surface area contributed by atoms with Crippen LogP contribution in [0.2, 0.25) is 5.02 Å². The van der Waals surface area contributed by atoms with Crippen LogP contribution < -0.4 is 4.72 Å². The Morgan fingerprint density at radius 3 is 2.60 bits per heavy atom. The maximum Gasteiger partial charge on any atom is 0.333 e. The first kappa shape index (κ1) is 16.3.